The molecule has 0 amide bonds. The molecule has 1 saturated carbocycles. The molecule has 2 unspecified atom stereocenters. The minimum Gasteiger partial charge on any atom is -0.337 e. The number of fused-ring (bicyclic) bond motifs is 1. The molecule has 0 bridgehead atoms. The van der Waals surface area contributed by atoms with Crippen LogP contribution in [0.15, 0.2) is 0 Å². The Kier molecular flexibility index (Phi) is 4.75. The van der Waals surface area contributed by atoms with Gasteiger partial charge in [-0.1, -0.05) is 35.3 Å². The predicted octanol–water partition coefficient (Wildman–Crippen LogP) is 4.45. The van der Waals surface area contributed by atoms with Crippen LogP contribution in [0.25, 0.3) is 0 Å². The van der Waals surface area contributed by atoms with Crippen molar-refractivity contribution in [1.82, 2.24) is 0 Å². The van der Waals surface area contributed by atoms with Gasteiger partial charge in [0.05, 0.1) is 12.2 Å². The third-order valence-electron chi connectivity index (χ3n) is 2.59. The van der Waals surface area contributed by atoms with Crippen LogP contribution in [0.2, 0.25) is 0 Å². The Balaban J connectivity index is 1.98. The van der Waals surface area contributed by atoms with Crippen LogP contribution in [-0.2, 0) is 9.05 Å². The third kappa shape index (κ3) is 3.17. The zero-order valence-electron chi connectivity index (χ0n) is 7.86. The Morgan fingerprint density at radius 2 is 1.29 bits per heavy atom. The minimum absolute atomic E-state index is 0.205. The minimum atomic E-state index is -0.782. The van der Waals surface area contributed by atoms with Crippen LogP contribution >= 0.6 is 37.5 Å². The number of rotatable bonds is 0. The molecule has 1 saturated heterocycles. The molecule has 82 valence electrons. The van der Waals surface area contributed by atoms with Gasteiger partial charge in [-0.2, -0.15) is 0 Å². The molecule has 1 aliphatic carbocycles. The highest BCUT2D eigenvalue weighted by Gasteiger charge is 2.32. The second-order valence-corrected chi connectivity index (χ2v) is 8.50. The first-order chi connectivity index (χ1) is 6.75. The predicted molar refractivity (Wildman–Crippen MR) is 63.5 cm³/mol. The van der Waals surface area contributed by atoms with Crippen LogP contribution in [-0.4, -0.2) is 24.5 Å². The fourth-order valence-corrected chi connectivity index (χ4v) is 6.37. The summed E-state index contributed by atoms with van der Waals surface area (Å²) < 4.78 is 11.6. The molecular weight excluding hydrogens is 261 g/mol. The zero-order valence-corrected chi connectivity index (χ0v) is 11.2. The molecule has 1 heterocycles. The average molecular weight is 275 g/mol. The van der Waals surface area contributed by atoms with Gasteiger partial charge in [-0.3, -0.25) is 0 Å². The van der Waals surface area contributed by atoms with Crippen molar-refractivity contribution in [1.29, 1.82) is 0 Å². The van der Waals surface area contributed by atoms with E-state index in [1.54, 1.807) is 0 Å². The maximum Gasteiger partial charge on any atom is 0.125 e. The molecular formula is C8H14Cl2O2P2. The van der Waals surface area contributed by atoms with Crippen LogP contribution in [0, 0.1) is 0 Å². The van der Waals surface area contributed by atoms with Crippen molar-refractivity contribution in [2.45, 2.75) is 37.9 Å². The van der Waals surface area contributed by atoms with E-state index in [-0.39, 0.29) is 12.2 Å². The molecule has 0 spiro atoms. The van der Waals surface area contributed by atoms with Crippen molar-refractivity contribution in [3.63, 3.8) is 0 Å². The molecule has 0 aromatic heterocycles. The van der Waals surface area contributed by atoms with E-state index in [0.29, 0.717) is 0 Å². The van der Waals surface area contributed by atoms with Gasteiger partial charge < -0.3 is 9.05 Å². The fourth-order valence-electron chi connectivity index (χ4n) is 1.86. The summed E-state index contributed by atoms with van der Waals surface area (Å²) in [5.41, 5.74) is 0. The van der Waals surface area contributed by atoms with Gasteiger partial charge in [0.2, 0.25) is 0 Å². The lowest BCUT2D eigenvalue weighted by atomic mass is 9.95. The van der Waals surface area contributed by atoms with Crippen LogP contribution < -0.4 is 0 Å². The summed E-state index contributed by atoms with van der Waals surface area (Å²) in [6.07, 6.45) is 6.76. The molecule has 1 aliphatic heterocycles. The van der Waals surface area contributed by atoms with Crippen molar-refractivity contribution in [3.8, 4) is 0 Å². The van der Waals surface area contributed by atoms with E-state index >= 15 is 0 Å². The second kappa shape index (κ2) is 5.62. The quantitative estimate of drug-likeness (QED) is 0.608. The van der Waals surface area contributed by atoms with Crippen LogP contribution in [0.4, 0.5) is 0 Å². The van der Waals surface area contributed by atoms with E-state index in [9.17, 15) is 0 Å². The average Bonchev–Trinajstić information content (AvgIpc) is 2.16. The Morgan fingerprint density at radius 1 is 0.857 bits per heavy atom. The molecule has 0 aromatic carbocycles. The summed E-state index contributed by atoms with van der Waals surface area (Å²) >= 11 is 12.2. The summed E-state index contributed by atoms with van der Waals surface area (Å²) in [4.78, 5) is 0. The number of halogens is 2. The largest absolute Gasteiger partial charge is 0.337 e. The van der Waals surface area contributed by atoms with E-state index < -0.39 is 15.0 Å². The van der Waals surface area contributed by atoms with Gasteiger partial charge in [-0.15, -0.1) is 0 Å². The van der Waals surface area contributed by atoms with Gasteiger partial charge in [-0.25, -0.2) is 0 Å². The highest BCUT2D eigenvalue weighted by Crippen LogP contribution is 2.55. The van der Waals surface area contributed by atoms with Gasteiger partial charge in [-0.05, 0) is 12.8 Å². The van der Waals surface area contributed by atoms with Crippen LogP contribution in [0.3, 0.4) is 0 Å². The first kappa shape index (κ1) is 11.8. The summed E-state index contributed by atoms with van der Waals surface area (Å²) in [6.45, 7) is 0. The summed E-state index contributed by atoms with van der Waals surface area (Å²) in [6, 6.07) is 0. The van der Waals surface area contributed by atoms with E-state index in [1.807, 2.05) is 0 Å². The molecule has 4 atom stereocenters. The summed E-state index contributed by atoms with van der Waals surface area (Å²) in [7, 11) is -1.56. The van der Waals surface area contributed by atoms with Gasteiger partial charge >= 0.3 is 0 Å². The normalized spacial score (nSPS) is 45.0. The van der Waals surface area contributed by atoms with Crippen molar-refractivity contribution in [2.75, 3.05) is 12.3 Å². The molecule has 0 N–H and O–H groups in total. The van der Waals surface area contributed by atoms with Gasteiger partial charge in [0.15, 0.2) is 0 Å². The number of hydrogen-bond donors (Lipinski definition) is 0. The molecule has 2 fully saturated rings. The summed E-state index contributed by atoms with van der Waals surface area (Å²) in [5.74, 6) is 0. The van der Waals surface area contributed by atoms with Gasteiger partial charge in [0.25, 0.3) is 0 Å². The fraction of sp³-hybridized carbons (Fsp3) is 1.00. The molecule has 2 aliphatic rings. The summed E-state index contributed by atoms with van der Waals surface area (Å²) in [5, 5.41) is 0. The Bertz CT molecular complexity index is 176. The van der Waals surface area contributed by atoms with Gasteiger partial charge in [0, 0.05) is 12.3 Å². The van der Waals surface area contributed by atoms with Gasteiger partial charge in [0.1, 0.15) is 15.0 Å². The molecule has 0 aromatic rings. The lowest BCUT2D eigenvalue weighted by molar-refractivity contribution is 0.0391. The maximum absolute atomic E-state index is 6.12. The SMILES string of the molecule is ClP1CCP(Cl)O[C@@H]2CCCC[C@@H]2O1. The molecule has 14 heavy (non-hydrogen) atoms. The zero-order chi connectivity index (χ0) is 9.97. The van der Waals surface area contributed by atoms with Crippen molar-refractivity contribution in [3.05, 3.63) is 0 Å². The van der Waals surface area contributed by atoms with Crippen molar-refractivity contribution >= 4 is 37.5 Å². The monoisotopic (exact) mass is 274 g/mol. The first-order valence-electron chi connectivity index (χ1n) is 4.96. The molecule has 0 radical (unpaired) electrons. The van der Waals surface area contributed by atoms with Crippen LogP contribution in [0.1, 0.15) is 25.7 Å². The standard InChI is InChI=1S/C8H14Cl2O2P2/c9-13-5-6-14(10)12-8-4-2-1-3-7(8)11-13/h7-8H,1-6H2/t7-,8+,13?,14?. The van der Waals surface area contributed by atoms with Crippen LogP contribution in [0.5, 0.6) is 0 Å². The van der Waals surface area contributed by atoms with E-state index in [0.717, 1.165) is 25.2 Å². The molecule has 6 heteroatoms. The third-order valence-corrected chi connectivity index (χ3v) is 6.59. The van der Waals surface area contributed by atoms with Crippen molar-refractivity contribution < 1.29 is 9.05 Å². The van der Waals surface area contributed by atoms with E-state index in [4.69, 9.17) is 31.5 Å². The Morgan fingerprint density at radius 3 is 1.71 bits per heavy atom. The number of hydrogen-bond acceptors (Lipinski definition) is 2. The van der Waals surface area contributed by atoms with E-state index in [2.05, 4.69) is 0 Å². The highest BCUT2D eigenvalue weighted by molar-refractivity contribution is 7.83. The maximum atomic E-state index is 6.12. The Labute approximate surface area is 96.9 Å². The Hall–Kier alpha value is 1.36. The lowest BCUT2D eigenvalue weighted by Gasteiger charge is -2.35. The lowest BCUT2D eigenvalue weighted by Crippen LogP contribution is -2.33. The molecule has 2 nitrogen and oxygen atoms in total. The van der Waals surface area contributed by atoms with E-state index in [1.165, 1.54) is 12.8 Å². The first-order valence-corrected chi connectivity index (χ1v) is 9.66. The van der Waals surface area contributed by atoms with Crippen molar-refractivity contribution in [2.24, 2.45) is 0 Å². The second-order valence-electron chi connectivity index (χ2n) is 3.65. The topological polar surface area (TPSA) is 18.5 Å². The highest BCUT2D eigenvalue weighted by atomic mass is 35.7. The molecule has 2 rings (SSSR count). The smallest absolute Gasteiger partial charge is 0.125 e.